The Hall–Kier alpha value is -2.21. The van der Waals surface area contributed by atoms with Crippen molar-refractivity contribution in [1.82, 2.24) is 5.01 Å². The average molecular weight is 345 g/mol. The van der Waals surface area contributed by atoms with Crippen LogP contribution in [0.5, 0.6) is 0 Å². The van der Waals surface area contributed by atoms with Gasteiger partial charge in [-0.3, -0.25) is 4.79 Å². The molecule has 0 unspecified atom stereocenters. The van der Waals surface area contributed by atoms with E-state index < -0.39 is 17.7 Å². The fraction of sp³-hybridized carbons (Fsp3) is 0.222. The Labute approximate surface area is 144 Å². The summed E-state index contributed by atoms with van der Waals surface area (Å²) < 4.78 is 0. The lowest BCUT2D eigenvalue weighted by Gasteiger charge is -2.32. The monoisotopic (exact) mass is 344 g/mol. The molecule has 1 heterocycles. The molecular formula is C18H17ClN2O3. The minimum atomic E-state index is -1.64. The summed E-state index contributed by atoms with van der Waals surface area (Å²) in [5, 5.41) is 27.1. The van der Waals surface area contributed by atoms with Gasteiger partial charge in [-0.15, -0.1) is 0 Å². The highest BCUT2D eigenvalue weighted by Crippen LogP contribution is 2.37. The van der Waals surface area contributed by atoms with E-state index in [4.69, 9.17) is 11.6 Å². The van der Waals surface area contributed by atoms with Crippen molar-refractivity contribution in [1.29, 1.82) is 0 Å². The summed E-state index contributed by atoms with van der Waals surface area (Å²) in [5.41, 5.74) is -0.107. The van der Waals surface area contributed by atoms with Gasteiger partial charge < -0.3 is 10.2 Å². The molecule has 2 atom stereocenters. The molecule has 0 fully saturated rings. The lowest BCUT2D eigenvalue weighted by atomic mass is 9.97. The second-order valence-corrected chi connectivity index (χ2v) is 6.24. The van der Waals surface area contributed by atoms with E-state index in [1.807, 2.05) is 0 Å². The summed E-state index contributed by atoms with van der Waals surface area (Å²) in [7, 11) is 0. The predicted octanol–water partition coefficient (Wildman–Crippen LogP) is 2.83. The van der Waals surface area contributed by atoms with Gasteiger partial charge in [-0.2, -0.15) is 10.1 Å². The molecule has 1 aliphatic rings. The second-order valence-electron chi connectivity index (χ2n) is 5.80. The largest absolute Gasteiger partial charge is 0.378 e. The van der Waals surface area contributed by atoms with Crippen molar-refractivity contribution in [3.8, 4) is 0 Å². The molecule has 0 bridgehead atoms. The number of carbonyl (C=O) groups excluding carboxylic acids is 1. The number of aliphatic hydroxyl groups excluding tert-OH is 1. The number of hydrogen-bond donors (Lipinski definition) is 2. The molecule has 3 rings (SSSR count). The Kier molecular flexibility index (Phi) is 4.41. The van der Waals surface area contributed by atoms with Crippen molar-refractivity contribution in [3.05, 3.63) is 70.7 Å². The van der Waals surface area contributed by atoms with Crippen LogP contribution in [0.1, 0.15) is 30.6 Å². The maximum atomic E-state index is 12.7. The van der Waals surface area contributed by atoms with Crippen LogP contribution in [0.25, 0.3) is 0 Å². The van der Waals surface area contributed by atoms with E-state index in [9.17, 15) is 15.0 Å². The number of halogens is 1. The Morgan fingerprint density at radius 1 is 1.21 bits per heavy atom. The standard InChI is InChI=1S/C18H17ClN2O3/c1-12-11-18(24,14-7-9-15(19)10-8-14)21(20-12)17(23)16(22)13-5-3-2-4-6-13/h2-10,16,22,24H,11H2,1H3/t16-,18+/m1/s1. The van der Waals surface area contributed by atoms with Crippen molar-refractivity contribution in [2.24, 2.45) is 5.10 Å². The first-order valence-corrected chi connectivity index (χ1v) is 7.89. The van der Waals surface area contributed by atoms with E-state index in [0.717, 1.165) is 5.01 Å². The van der Waals surface area contributed by atoms with Gasteiger partial charge in [-0.05, 0) is 24.6 Å². The Morgan fingerprint density at radius 3 is 2.46 bits per heavy atom. The van der Waals surface area contributed by atoms with Crippen molar-refractivity contribution in [2.45, 2.75) is 25.2 Å². The van der Waals surface area contributed by atoms with Crippen LogP contribution < -0.4 is 0 Å². The van der Waals surface area contributed by atoms with Crippen molar-refractivity contribution >= 4 is 23.2 Å². The number of aliphatic hydroxyl groups is 2. The zero-order valence-corrected chi connectivity index (χ0v) is 13.8. The third-order valence-electron chi connectivity index (χ3n) is 3.99. The Bertz CT molecular complexity index is 777. The van der Waals surface area contributed by atoms with Crippen molar-refractivity contribution < 1.29 is 15.0 Å². The van der Waals surface area contributed by atoms with Gasteiger partial charge in [0.05, 0.1) is 0 Å². The van der Waals surface area contributed by atoms with Crippen LogP contribution in [-0.2, 0) is 10.5 Å². The number of amides is 1. The van der Waals surface area contributed by atoms with Crippen molar-refractivity contribution in [2.75, 3.05) is 0 Å². The van der Waals surface area contributed by atoms with Crippen LogP contribution in [-0.4, -0.2) is 26.8 Å². The first-order chi connectivity index (χ1) is 11.4. The SMILES string of the molecule is CC1=NN(C(=O)[C@H](O)c2ccccc2)[C@@](O)(c2ccc(Cl)cc2)C1. The van der Waals surface area contributed by atoms with Gasteiger partial charge in [-0.1, -0.05) is 54.1 Å². The number of hydrazone groups is 1. The maximum absolute atomic E-state index is 12.7. The molecule has 1 aliphatic heterocycles. The molecular weight excluding hydrogens is 328 g/mol. The highest BCUT2D eigenvalue weighted by atomic mass is 35.5. The van der Waals surface area contributed by atoms with Crippen LogP contribution in [0.3, 0.4) is 0 Å². The minimum Gasteiger partial charge on any atom is -0.378 e. The van der Waals surface area contributed by atoms with Gasteiger partial charge in [-0.25, -0.2) is 0 Å². The van der Waals surface area contributed by atoms with E-state index in [2.05, 4.69) is 5.10 Å². The van der Waals surface area contributed by atoms with Crippen LogP contribution >= 0.6 is 11.6 Å². The molecule has 24 heavy (non-hydrogen) atoms. The molecule has 0 saturated carbocycles. The van der Waals surface area contributed by atoms with E-state index in [-0.39, 0.29) is 6.42 Å². The van der Waals surface area contributed by atoms with E-state index in [0.29, 0.717) is 21.9 Å². The summed E-state index contributed by atoms with van der Waals surface area (Å²) >= 11 is 5.89. The predicted molar refractivity (Wildman–Crippen MR) is 91.3 cm³/mol. The summed E-state index contributed by atoms with van der Waals surface area (Å²) in [5.74, 6) is -0.685. The smallest absolute Gasteiger partial charge is 0.279 e. The van der Waals surface area contributed by atoms with Gasteiger partial charge in [0.15, 0.2) is 11.8 Å². The molecule has 5 nitrogen and oxygen atoms in total. The fourth-order valence-electron chi connectivity index (χ4n) is 2.79. The molecule has 0 aliphatic carbocycles. The van der Waals surface area contributed by atoms with E-state index in [1.54, 1.807) is 61.5 Å². The molecule has 0 aromatic heterocycles. The topological polar surface area (TPSA) is 73.1 Å². The zero-order valence-electron chi connectivity index (χ0n) is 13.1. The maximum Gasteiger partial charge on any atom is 0.279 e. The van der Waals surface area contributed by atoms with Gasteiger partial charge in [0.1, 0.15) is 0 Å². The van der Waals surface area contributed by atoms with Gasteiger partial charge >= 0.3 is 0 Å². The average Bonchev–Trinajstić information content (AvgIpc) is 2.90. The number of nitrogens with zero attached hydrogens (tertiary/aromatic N) is 2. The lowest BCUT2D eigenvalue weighted by molar-refractivity contribution is -0.167. The molecule has 2 aromatic rings. The number of carbonyl (C=O) groups is 1. The molecule has 2 N–H and O–H groups in total. The number of rotatable bonds is 3. The Morgan fingerprint density at radius 2 is 1.83 bits per heavy atom. The fourth-order valence-corrected chi connectivity index (χ4v) is 2.91. The molecule has 124 valence electrons. The lowest BCUT2D eigenvalue weighted by Crippen LogP contribution is -2.45. The number of hydrogen-bond acceptors (Lipinski definition) is 4. The van der Waals surface area contributed by atoms with Crippen LogP contribution in [0.2, 0.25) is 5.02 Å². The summed E-state index contributed by atoms with van der Waals surface area (Å²) in [4.78, 5) is 12.7. The molecule has 6 heteroatoms. The third-order valence-corrected chi connectivity index (χ3v) is 4.24. The first-order valence-electron chi connectivity index (χ1n) is 7.51. The third kappa shape index (κ3) is 2.94. The highest BCUT2D eigenvalue weighted by Gasteiger charge is 2.46. The zero-order chi connectivity index (χ0) is 17.3. The highest BCUT2D eigenvalue weighted by molar-refractivity contribution is 6.30. The van der Waals surface area contributed by atoms with Crippen LogP contribution in [0, 0.1) is 0 Å². The second kappa shape index (κ2) is 6.36. The molecule has 2 aromatic carbocycles. The van der Waals surface area contributed by atoms with Crippen LogP contribution in [0.15, 0.2) is 59.7 Å². The Balaban J connectivity index is 1.95. The molecule has 0 radical (unpaired) electrons. The summed E-state index contributed by atoms with van der Waals surface area (Å²) in [6.45, 7) is 1.73. The summed E-state index contributed by atoms with van der Waals surface area (Å²) in [6.07, 6.45) is -1.23. The first kappa shape index (κ1) is 16.6. The van der Waals surface area contributed by atoms with E-state index >= 15 is 0 Å². The molecule has 0 saturated heterocycles. The minimum absolute atomic E-state index is 0.169. The van der Waals surface area contributed by atoms with Gasteiger partial charge in [0.2, 0.25) is 0 Å². The van der Waals surface area contributed by atoms with Crippen molar-refractivity contribution in [3.63, 3.8) is 0 Å². The normalized spacial score (nSPS) is 21.5. The van der Waals surface area contributed by atoms with Gasteiger partial charge in [0.25, 0.3) is 5.91 Å². The van der Waals surface area contributed by atoms with E-state index in [1.165, 1.54) is 0 Å². The summed E-state index contributed by atoms with van der Waals surface area (Å²) in [6, 6.07) is 15.1. The molecule has 0 spiro atoms. The number of benzene rings is 2. The van der Waals surface area contributed by atoms with Gasteiger partial charge in [0, 0.05) is 22.7 Å². The molecule has 1 amide bonds. The quantitative estimate of drug-likeness (QED) is 0.899. The van der Waals surface area contributed by atoms with Crippen LogP contribution in [0.4, 0.5) is 0 Å².